The van der Waals surface area contributed by atoms with Crippen molar-refractivity contribution in [1.29, 1.82) is 0 Å². The molecular formula is C19H18ClN3O2S. The number of thiazole rings is 1. The number of piperazine rings is 1. The Morgan fingerprint density at radius 1 is 1.15 bits per heavy atom. The Morgan fingerprint density at radius 2 is 1.92 bits per heavy atom. The van der Waals surface area contributed by atoms with Gasteiger partial charge < -0.3 is 14.5 Å². The van der Waals surface area contributed by atoms with Gasteiger partial charge in [0.2, 0.25) is 0 Å². The highest BCUT2D eigenvalue weighted by molar-refractivity contribution is 7.22. The predicted octanol–water partition coefficient (Wildman–Crippen LogP) is 3.92. The average molecular weight is 388 g/mol. The highest BCUT2D eigenvalue weighted by Gasteiger charge is 2.24. The van der Waals surface area contributed by atoms with Crippen molar-refractivity contribution in [3.8, 4) is 5.75 Å². The van der Waals surface area contributed by atoms with Gasteiger partial charge in [-0.1, -0.05) is 35.1 Å². The molecule has 134 valence electrons. The van der Waals surface area contributed by atoms with Gasteiger partial charge in [0.25, 0.3) is 5.91 Å². The zero-order valence-corrected chi connectivity index (χ0v) is 15.9. The van der Waals surface area contributed by atoms with E-state index in [1.807, 2.05) is 41.3 Å². The fourth-order valence-electron chi connectivity index (χ4n) is 3.08. The van der Waals surface area contributed by atoms with Crippen molar-refractivity contribution in [2.75, 3.05) is 38.2 Å². The first-order valence-corrected chi connectivity index (χ1v) is 9.58. The summed E-state index contributed by atoms with van der Waals surface area (Å²) in [5, 5.41) is 1.64. The standard InChI is InChI=1S/C19H18ClN3O2S/c1-25-14-5-2-4-13(12-14)18(24)22-8-10-23(11-9-22)19-21-17-15(20)6-3-7-16(17)26-19/h2-7,12H,8-11H2,1H3. The number of fused-ring (bicyclic) bond motifs is 1. The molecule has 3 aromatic rings. The second-order valence-corrected chi connectivity index (χ2v) is 7.51. The van der Waals surface area contributed by atoms with Gasteiger partial charge in [-0.05, 0) is 30.3 Å². The maximum absolute atomic E-state index is 12.7. The Hall–Kier alpha value is -2.31. The van der Waals surface area contributed by atoms with Gasteiger partial charge >= 0.3 is 0 Å². The number of benzene rings is 2. The maximum atomic E-state index is 12.7. The smallest absolute Gasteiger partial charge is 0.254 e. The monoisotopic (exact) mass is 387 g/mol. The molecule has 1 saturated heterocycles. The summed E-state index contributed by atoms with van der Waals surface area (Å²) >= 11 is 7.87. The van der Waals surface area contributed by atoms with Gasteiger partial charge in [0.05, 0.1) is 16.8 Å². The third-order valence-corrected chi connectivity index (χ3v) is 5.90. The van der Waals surface area contributed by atoms with Gasteiger partial charge in [0.1, 0.15) is 11.3 Å². The van der Waals surface area contributed by atoms with Crippen LogP contribution >= 0.6 is 22.9 Å². The van der Waals surface area contributed by atoms with E-state index in [1.165, 1.54) is 0 Å². The molecular weight excluding hydrogens is 370 g/mol. The van der Waals surface area contributed by atoms with Crippen LogP contribution in [0.15, 0.2) is 42.5 Å². The Labute approximate surface area is 160 Å². The Balaban J connectivity index is 1.46. The molecule has 0 bridgehead atoms. The number of para-hydroxylation sites is 1. The van der Waals surface area contributed by atoms with Crippen LogP contribution in [0.5, 0.6) is 5.75 Å². The van der Waals surface area contributed by atoms with Crippen LogP contribution in [0.3, 0.4) is 0 Å². The molecule has 5 nitrogen and oxygen atoms in total. The summed E-state index contributed by atoms with van der Waals surface area (Å²) in [5.74, 6) is 0.733. The zero-order chi connectivity index (χ0) is 18.1. The molecule has 1 aliphatic rings. The number of anilines is 1. The molecule has 2 heterocycles. The number of hydrogen-bond donors (Lipinski definition) is 0. The molecule has 1 fully saturated rings. The van der Waals surface area contributed by atoms with Crippen molar-refractivity contribution in [2.24, 2.45) is 0 Å². The van der Waals surface area contributed by atoms with Gasteiger partial charge in [-0.3, -0.25) is 4.79 Å². The number of rotatable bonds is 3. The van der Waals surface area contributed by atoms with Gasteiger partial charge in [-0.2, -0.15) is 0 Å². The molecule has 2 aromatic carbocycles. The number of ether oxygens (including phenoxy) is 1. The van der Waals surface area contributed by atoms with E-state index in [0.717, 1.165) is 28.4 Å². The lowest BCUT2D eigenvalue weighted by atomic mass is 10.1. The van der Waals surface area contributed by atoms with Crippen molar-refractivity contribution in [2.45, 2.75) is 0 Å². The first kappa shape index (κ1) is 17.1. The second kappa shape index (κ2) is 7.13. The first-order chi connectivity index (χ1) is 12.7. The molecule has 0 aliphatic carbocycles. The van der Waals surface area contributed by atoms with E-state index in [2.05, 4.69) is 9.88 Å². The van der Waals surface area contributed by atoms with E-state index in [9.17, 15) is 4.79 Å². The van der Waals surface area contributed by atoms with Gasteiger partial charge in [0, 0.05) is 31.7 Å². The van der Waals surface area contributed by atoms with E-state index in [4.69, 9.17) is 16.3 Å². The number of amides is 1. The Morgan fingerprint density at radius 3 is 2.65 bits per heavy atom. The molecule has 0 spiro atoms. The van der Waals surface area contributed by atoms with Crippen LogP contribution in [0.2, 0.25) is 5.02 Å². The summed E-state index contributed by atoms with van der Waals surface area (Å²) in [6.07, 6.45) is 0. The van der Waals surface area contributed by atoms with Crippen LogP contribution in [0.1, 0.15) is 10.4 Å². The Bertz CT molecular complexity index is 951. The minimum atomic E-state index is 0.0379. The topological polar surface area (TPSA) is 45.7 Å². The normalized spacial score (nSPS) is 14.7. The van der Waals surface area contributed by atoms with Crippen LogP contribution in [0.25, 0.3) is 10.2 Å². The molecule has 1 amide bonds. The third-order valence-electron chi connectivity index (χ3n) is 4.51. The fourth-order valence-corrected chi connectivity index (χ4v) is 4.39. The second-order valence-electron chi connectivity index (χ2n) is 6.09. The summed E-state index contributed by atoms with van der Waals surface area (Å²) < 4.78 is 6.29. The molecule has 7 heteroatoms. The van der Waals surface area contributed by atoms with Crippen LogP contribution in [-0.2, 0) is 0 Å². The highest BCUT2D eigenvalue weighted by Crippen LogP contribution is 2.33. The van der Waals surface area contributed by atoms with Crippen molar-refractivity contribution < 1.29 is 9.53 Å². The lowest BCUT2D eigenvalue weighted by molar-refractivity contribution is 0.0746. The fraction of sp³-hybridized carbons (Fsp3) is 0.263. The number of nitrogens with zero attached hydrogens (tertiary/aromatic N) is 3. The van der Waals surface area contributed by atoms with Crippen LogP contribution in [0.4, 0.5) is 5.13 Å². The lowest BCUT2D eigenvalue weighted by Crippen LogP contribution is -2.48. The highest BCUT2D eigenvalue weighted by atomic mass is 35.5. The van der Waals surface area contributed by atoms with Gasteiger partial charge in [-0.25, -0.2) is 4.98 Å². The SMILES string of the molecule is COc1cccc(C(=O)N2CCN(c3nc4c(Cl)cccc4s3)CC2)c1. The predicted molar refractivity (Wildman–Crippen MR) is 106 cm³/mol. The van der Waals surface area contributed by atoms with Gasteiger partial charge in [-0.15, -0.1) is 0 Å². The zero-order valence-electron chi connectivity index (χ0n) is 14.3. The largest absolute Gasteiger partial charge is 0.497 e. The van der Waals surface area contributed by atoms with Crippen molar-refractivity contribution in [3.05, 3.63) is 53.1 Å². The van der Waals surface area contributed by atoms with Crippen molar-refractivity contribution in [1.82, 2.24) is 9.88 Å². The summed E-state index contributed by atoms with van der Waals surface area (Å²) in [6.45, 7) is 2.85. The number of methoxy groups -OCH3 is 1. The van der Waals surface area contributed by atoms with Crippen LogP contribution in [0, 0.1) is 0 Å². The molecule has 1 aromatic heterocycles. The Kier molecular flexibility index (Phi) is 4.70. The molecule has 0 unspecified atom stereocenters. The number of carbonyl (C=O) groups is 1. The minimum absolute atomic E-state index is 0.0379. The average Bonchev–Trinajstić information content (AvgIpc) is 3.13. The molecule has 26 heavy (non-hydrogen) atoms. The summed E-state index contributed by atoms with van der Waals surface area (Å²) in [5.41, 5.74) is 1.51. The minimum Gasteiger partial charge on any atom is -0.497 e. The number of carbonyl (C=O) groups excluding carboxylic acids is 1. The van der Waals surface area contributed by atoms with E-state index >= 15 is 0 Å². The molecule has 0 radical (unpaired) electrons. The lowest BCUT2D eigenvalue weighted by Gasteiger charge is -2.34. The van der Waals surface area contributed by atoms with E-state index in [1.54, 1.807) is 24.5 Å². The van der Waals surface area contributed by atoms with Gasteiger partial charge in [0.15, 0.2) is 5.13 Å². The molecule has 0 saturated carbocycles. The number of halogens is 1. The maximum Gasteiger partial charge on any atom is 0.254 e. The molecule has 4 rings (SSSR count). The number of aromatic nitrogens is 1. The number of hydrogen-bond acceptors (Lipinski definition) is 5. The quantitative estimate of drug-likeness (QED) is 0.683. The van der Waals surface area contributed by atoms with Crippen LogP contribution < -0.4 is 9.64 Å². The third kappa shape index (κ3) is 3.22. The first-order valence-electron chi connectivity index (χ1n) is 8.39. The van der Waals surface area contributed by atoms with E-state index in [-0.39, 0.29) is 5.91 Å². The van der Waals surface area contributed by atoms with Crippen molar-refractivity contribution >= 4 is 44.2 Å². The molecule has 1 aliphatic heterocycles. The molecule has 0 atom stereocenters. The van der Waals surface area contributed by atoms with E-state index in [0.29, 0.717) is 29.4 Å². The van der Waals surface area contributed by atoms with Crippen molar-refractivity contribution in [3.63, 3.8) is 0 Å². The van der Waals surface area contributed by atoms with Crippen LogP contribution in [-0.4, -0.2) is 49.1 Å². The summed E-state index contributed by atoms with van der Waals surface area (Å²) in [6, 6.07) is 13.1. The summed E-state index contributed by atoms with van der Waals surface area (Å²) in [4.78, 5) is 21.5. The van der Waals surface area contributed by atoms with E-state index < -0.39 is 0 Å². The summed E-state index contributed by atoms with van der Waals surface area (Å²) in [7, 11) is 1.60. The molecule has 0 N–H and O–H groups in total.